The largest absolute Gasteiger partial charge is 0.497 e. The van der Waals surface area contributed by atoms with Crippen molar-refractivity contribution in [3.63, 3.8) is 0 Å². The van der Waals surface area contributed by atoms with Crippen molar-refractivity contribution in [1.29, 1.82) is 0 Å². The number of nitrogens with one attached hydrogen (secondary N) is 1. The molecule has 5 rings (SSSR count). The Morgan fingerprint density at radius 2 is 1.68 bits per heavy atom. The Balaban J connectivity index is 1.20. The number of anilines is 2. The van der Waals surface area contributed by atoms with Gasteiger partial charge in [-0.2, -0.15) is 5.10 Å². The average Bonchev–Trinajstić information content (AvgIpc) is 3.42. The summed E-state index contributed by atoms with van der Waals surface area (Å²) in [5.41, 5.74) is 3.61. The van der Waals surface area contributed by atoms with E-state index in [9.17, 15) is 0 Å². The predicted molar refractivity (Wildman–Crippen MR) is 137 cm³/mol. The highest BCUT2D eigenvalue weighted by atomic mass is 16.5. The van der Waals surface area contributed by atoms with Gasteiger partial charge < -0.3 is 19.7 Å². The maximum absolute atomic E-state index is 5.46. The minimum Gasteiger partial charge on any atom is -0.497 e. The van der Waals surface area contributed by atoms with Crippen LogP contribution in [0.25, 0.3) is 10.8 Å². The first-order valence-corrected chi connectivity index (χ1v) is 12.4. The van der Waals surface area contributed by atoms with Crippen LogP contribution in [0, 0.1) is 0 Å². The van der Waals surface area contributed by atoms with Crippen molar-refractivity contribution in [2.75, 3.05) is 50.6 Å². The Labute approximate surface area is 202 Å². The molecule has 2 saturated heterocycles. The van der Waals surface area contributed by atoms with Crippen molar-refractivity contribution in [2.24, 2.45) is 0 Å². The third kappa shape index (κ3) is 5.10. The summed E-state index contributed by atoms with van der Waals surface area (Å²) in [5, 5.41) is 14.7. The smallest absolute Gasteiger partial charge is 0.156 e. The number of likely N-dealkylation sites (tertiary alicyclic amines) is 1. The summed E-state index contributed by atoms with van der Waals surface area (Å²) in [6, 6.07) is 15.6. The van der Waals surface area contributed by atoms with Crippen LogP contribution in [0.1, 0.15) is 36.9 Å². The number of nitrogens with zero attached hydrogens (tertiary/aromatic N) is 4. The lowest BCUT2D eigenvalue weighted by atomic mass is 10.0. The molecule has 7 nitrogen and oxygen atoms in total. The third-order valence-corrected chi connectivity index (χ3v) is 7.09. The van der Waals surface area contributed by atoms with Crippen molar-refractivity contribution < 1.29 is 9.47 Å². The molecule has 0 bridgehead atoms. The lowest BCUT2D eigenvalue weighted by molar-refractivity contribution is 0.182. The van der Waals surface area contributed by atoms with E-state index in [-0.39, 0.29) is 0 Å². The lowest BCUT2D eigenvalue weighted by Gasteiger charge is -2.33. The zero-order chi connectivity index (χ0) is 23.3. The Hall–Kier alpha value is -2.90. The van der Waals surface area contributed by atoms with Gasteiger partial charge in [-0.3, -0.25) is 4.90 Å². The topological polar surface area (TPSA) is 62.8 Å². The van der Waals surface area contributed by atoms with Crippen LogP contribution >= 0.6 is 0 Å². The van der Waals surface area contributed by atoms with Crippen LogP contribution in [-0.4, -0.2) is 61.5 Å². The molecule has 1 N–H and O–H groups in total. The molecule has 0 unspecified atom stereocenters. The zero-order valence-electron chi connectivity index (χ0n) is 20.3. The van der Waals surface area contributed by atoms with E-state index in [1.54, 1.807) is 14.2 Å². The molecule has 3 aromatic rings. The first kappa shape index (κ1) is 22.9. The molecule has 0 amide bonds. The van der Waals surface area contributed by atoms with Crippen molar-refractivity contribution in [2.45, 2.75) is 44.9 Å². The van der Waals surface area contributed by atoms with Gasteiger partial charge in [0.2, 0.25) is 0 Å². The minimum atomic E-state index is 0.380. The maximum Gasteiger partial charge on any atom is 0.156 e. The second kappa shape index (κ2) is 10.6. The number of ether oxygens (including phenoxy) is 2. The molecule has 2 aromatic carbocycles. The van der Waals surface area contributed by atoms with E-state index in [0.717, 1.165) is 60.5 Å². The van der Waals surface area contributed by atoms with Crippen molar-refractivity contribution in [3.05, 3.63) is 53.7 Å². The van der Waals surface area contributed by atoms with Gasteiger partial charge in [0.1, 0.15) is 5.75 Å². The molecular formula is C27H35N5O2. The highest BCUT2D eigenvalue weighted by Crippen LogP contribution is 2.29. The van der Waals surface area contributed by atoms with Gasteiger partial charge in [-0.25, -0.2) is 0 Å². The van der Waals surface area contributed by atoms with E-state index in [4.69, 9.17) is 9.47 Å². The molecule has 0 aliphatic carbocycles. The number of piperidine rings is 1. The fourth-order valence-corrected chi connectivity index (χ4v) is 5.14. The van der Waals surface area contributed by atoms with Crippen LogP contribution in [-0.2, 0) is 17.9 Å². The molecule has 2 aliphatic rings. The molecule has 1 aromatic heterocycles. The van der Waals surface area contributed by atoms with Crippen LogP contribution in [0.4, 0.5) is 11.5 Å². The standard InChI is InChI=1S/C27H35N5O2/c1-33-19-26-24-10-9-23(34-2)17-25(24)27(30-29-26)28-21-11-15-31(16-12-21)18-20-5-7-22(8-6-20)32-13-3-4-14-32/h5-10,17,21H,3-4,11-16,18-19H2,1-2H3,(H,28,30). The van der Waals surface area contributed by atoms with Crippen molar-refractivity contribution >= 4 is 22.3 Å². The SMILES string of the molecule is COCc1nnc(NC2CCN(Cc3ccc(N4CCCC4)cc3)CC2)c2cc(OC)ccc12. The van der Waals surface area contributed by atoms with Gasteiger partial charge in [-0.15, -0.1) is 5.10 Å². The van der Waals surface area contributed by atoms with Crippen LogP contribution in [0.2, 0.25) is 0 Å². The molecule has 0 atom stereocenters. The Bertz CT molecular complexity index is 1090. The first-order chi connectivity index (χ1) is 16.7. The van der Waals surface area contributed by atoms with Gasteiger partial charge in [0.15, 0.2) is 5.82 Å². The third-order valence-electron chi connectivity index (χ3n) is 7.09. The number of benzene rings is 2. The number of fused-ring (bicyclic) bond motifs is 1. The summed E-state index contributed by atoms with van der Waals surface area (Å²) in [6.07, 6.45) is 4.80. The Kier molecular flexibility index (Phi) is 7.11. The second-order valence-corrected chi connectivity index (χ2v) is 9.40. The minimum absolute atomic E-state index is 0.380. The number of hydrogen-bond acceptors (Lipinski definition) is 7. The van der Waals surface area contributed by atoms with Crippen LogP contribution in [0.5, 0.6) is 5.75 Å². The van der Waals surface area contributed by atoms with Gasteiger partial charge >= 0.3 is 0 Å². The molecule has 0 spiro atoms. The van der Waals surface area contributed by atoms with E-state index in [0.29, 0.717) is 12.6 Å². The van der Waals surface area contributed by atoms with Gasteiger partial charge in [-0.1, -0.05) is 12.1 Å². The van der Waals surface area contributed by atoms with Crippen molar-refractivity contribution in [1.82, 2.24) is 15.1 Å². The molecular weight excluding hydrogens is 426 g/mol. The molecule has 7 heteroatoms. The molecule has 180 valence electrons. The molecule has 2 aliphatic heterocycles. The zero-order valence-corrected chi connectivity index (χ0v) is 20.3. The monoisotopic (exact) mass is 461 g/mol. The summed E-state index contributed by atoms with van der Waals surface area (Å²) in [7, 11) is 3.37. The van der Waals surface area contributed by atoms with Crippen molar-refractivity contribution in [3.8, 4) is 5.75 Å². The molecule has 0 saturated carbocycles. The molecule has 2 fully saturated rings. The van der Waals surface area contributed by atoms with Gasteiger partial charge in [-0.05, 0) is 61.6 Å². The highest BCUT2D eigenvalue weighted by molar-refractivity contribution is 5.94. The molecule has 3 heterocycles. The summed E-state index contributed by atoms with van der Waals surface area (Å²) in [5.74, 6) is 1.64. The van der Waals surface area contributed by atoms with Gasteiger partial charge in [0.25, 0.3) is 0 Å². The predicted octanol–water partition coefficient (Wildman–Crippen LogP) is 4.46. The average molecular weight is 462 g/mol. The molecule has 34 heavy (non-hydrogen) atoms. The van der Waals surface area contributed by atoms with Crippen LogP contribution < -0.4 is 15.0 Å². The quantitative estimate of drug-likeness (QED) is 0.531. The summed E-state index contributed by atoms with van der Waals surface area (Å²) < 4.78 is 10.8. The van der Waals surface area contributed by atoms with E-state index < -0.39 is 0 Å². The number of hydrogen-bond donors (Lipinski definition) is 1. The second-order valence-electron chi connectivity index (χ2n) is 9.40. The van der Waals surface area contributed by atoms with E-state index in [1.807, 2.05) is 18.2 Å². The van der Waals surface area contributed by atoms with E-state index in [2.05, 4.69) is 49.6 Å². The molecule has 0 radical (unpaired) electrons. The maximum atomic E-state index is 5.46. The van der Waals surface area contributed by atoms with E-state index >= 15 is 0 Å². The number of rotatable bonds is 8. The van der Waals surface area contributed by atoms with Gasteiger partial charge in [0, 0.05) is 62.3 Å². The summed E-state index contributed by atoms with van der Waals surface area (Å²) in [6.45, 7) is 5.99. The van der Waals surface area contributed by atoms with Crippen LogP contribution in [0.3, 0.4) is 0 Å². The number of methoxy groups -OCH3 is 2. The Morgan fingerprint density at radius 3 is 2.38 bits per heavy atom. The highest BCUT2D eigenvalue weighted by Gasteiger charge is 2.21. The summed E-state index contributed by atoms with van der Waals surface area (Å²) in [4.78, 5) is 5.04. The first-order valence-electron chi connectivity index (χ1n) is 12.4. The van der Waals surface area contributed by atoms with E-state index in [1.165, 1.54) is 37.2 Å². The fourth-order valence-electron chi connectivity index (χ4n) is 5.14. The number of aromatic nitrogens is 2. The Morgan fingerprint density at radius 1 is 0.912 bits per heavy atom. The fraction of sp³-hybridized carbons (Fsp3) is 0.481. The lowest BCUT2D eigenvalue weighted by Crippen LogP contribution is -2.38. The normalized spacial score (nSPS) is 17.4. The van der Waals surface area contributed by atoms with Gasteiger partial charge in [0.05, 0.1) is 19.4 Å². The van der Waals surface area contributed by atoms with Crippen LogP contribution in [0.15, 0.2) is 42.5 Å². The summed E-state index contributed by atoms with van der Waals surface area (Å²) >= 11 is 0.